The third kappa shape index (κ3) is 3.49. The maximum Gasteiger partial charge on any atom is 0.497 e. The molecule has 0 unspecified atom stereocenters. The van der Waals surface area contributed by atoms with Crippen LogP contribution in [0.3, 0.4) is 0 Å². The molecule has 0 spiro atoms. The Morgan fingerprint density at radius 1 is 0.630 bits per heavy atom. The fourth-order valence-electron chi connectivity index (χ4n) is 3.06. The van der Waals surface area contributed by atoms with Crippen LogP contribution in [0.1, 0.15) is 13.8 Å². The van der Waals surface area contributed by atoms with Crippen LogP contribution in [0.15, 0.2) is 84.9 Å². The quantitative estimate of drug-likeness (QED) is 0.398. The van der Waals surface area contributed by atoms with Crippen molar-refractivity contribution < 1.29 is 13.9 Å². The molecule has 0 radical (unpaired) electrons. The Bertz CT molecular complexity index is 999. The third-order valence-electron chi connectivity index (χ3n) is 4.61. The predicted molar refractivity (Wildman–Crippen MR) is 113 cm³/mol. The molecule has 0 amide bonds. The van der Waals surface area contributed by atoms with E-state index in [1.54, 1.807) is 0 Å². The molecule has 3 nitrogen and oxygen atoms in total. The predicted octanol–water partition coefficient (Wildman–Crippen LogP) is 6.61. The van der Waals surface area contributed by atoms with Crippen molar-refractivity contribution in [2.24, 2.45) is 0 Å². The van der Waals surface area contributed by atoms with Crippen molar-refractivity contribution in [1.82, 2.24) is 0 Å². The first kappa shape index (κ1) is 17.8. The summed E-state index contributed by atoms with van der Waals surface area (Å²) < 4.78 is 12.3. The zero-order valence-corrected chi connectivity index (χ0v) is 16.3. The number of benzene rings is 4. The summed E-state index contributed by atoms with van der Waals surface area (Å²) in [6.45, 7) is 3.84. The molecule has 136 valence electrons. The minimum atomic E-state index is -3.19. The molecule has 4 aromatic rings. The molecule has 0 saturated heterocycles. The van der Waals surface area contributed by atoms with E-state index in [4.69, 9.17) is 9.05 Å². The lowest BCUT2D eigenvalue weighted by Crippen LogP contribution is -2.17. The normalized spacial score (nSPS) is 11.9. The van der Waals surface area contributed by atoms with Crippen LogP contribution in [0, 0.1) is 0 Å². The minimum Gasteiger partial charge on any atom is -0.277 e. The Morgan fingerprint density at radius 3 is 1.48 bits per heavy atom. The van der Waals surface area contributed by atoms with Crippen LogP contribution in [-0.4, -0.2) is 10.6 Å². The summed E-state index contributed by atoms with van der Waals surface area (Å²) in [5, 5.41) is 4.05. The SMILES string of the molecule is CC(C)[P+](O)(Oc1cccc2ccccc12)Oc1cccc2ccccc12. The Kier molecular flexibility index (Phi) is 4.73. The van der Waals surface area contributed by atoms with E-state index < -0.39 is 7.94 Å². The maximum absolute atomic E-state index is 11.4. The van der Waals surface area contributed by atoms with Gasteiger partial charge in [-0.2, -0.15) is 4.89 Å². The van der Waals surface area contributed by atoms with Gasteiger partial charge in [-0.25, -0.2) is 0 Å². The van der Waals surface area contributed by atoms with Crippen molar-refractivity contribution in [1.29, 1.82) is 0 Å². The van der Waals surface area contributed by atoms with Crippen LogP contribution < -0.4 is 9.05 Å². The van der Waals surface area contributed by atoms with Gasteiger partial charge in [-0.15, -0.1) is 0 Å². The van der Waals surface area contributed by atoms with Gasteiger partial charge in [-0.05, 0) is 36.8 Å². The fraction of sp³-hybridized carbons (Fsp3) is 0.130. The molecule has 0 saturated carbocycles. The lowest BCUT2D eigenvalue weighted by Gasteiger charge is -2.22. The first-order valence-corrected chi connectivity index (χ1v) is 10.7. The number of hydrogen-bond donors (Lipinski definition) is 1. The van der Waals surface area contributed by atoms with Gasteiger partial charge in [0.15, 0.2) is 17.2 Å². The smallest absolute Gasteiger partial charge is 0.277 e. The molecule has 27 heavy (non-hydrogen) atoms. The molecule has 0 atom stereocenters. The fourth-order valence-corrected chi connectivity index (χ4v) is 4.40. The van der Waals surface area contributed by atoms with Crippen molar-refractivity contribution in [3.63, 3.8) is 0 Å². The summed E-state index contributed by atoms with van der Waals surface area (Å²) in [5.41, 5.74) is -0.185. The molecule has 0 aliphatic rings. The summed E-state index contributed by atoms with van der Waals surface area (Å²) in [6, 6.07) is 27.6. The second kappa shape index (κ2) is 7.19. The number of rotatable bonds is 5. The molecule has 0 aromatic heterocycles. The lowest BCUT2D eigenvalue weighted by molar-refractivity contribution is 0.339. The van der Waals surface area contributed by atoms with Gasteiger partial charge in [0.1, 0.15) is 0 Å². The zero-order chi connectivity index (χ0) is 18.9. The zero-order valence-electron chi connectivity index (χ0n) is 15.4. The number of hydrogen-bond acceptors (Lipinski definition) is 3. The van der Waals surface area contributed by atoms with E-state index in [0.717, 1.165) is 21.5 Å². The van der Waals surface area contributed by atoms with Crippen molar-refractivity contribution in [3.05, 3.63) is 84.9 Å². The molecular weight excluding hydrogens is 355 g/mol. The van der Waals surface area contributed by atoms with Crippen LogP contribution in [-0.2, 0) is 0 Å². The number of fused-ring (bicyclic) bond motifs is 2. The molecule has 0 aliphatic heterocycles. The summed E-state index contributed by atoms with van der Waals surface area (Å²) in [6.07, 6.45) is 0. The van der Waals surface area contributed by atoms with Gasteiger partial charge >= 0.3 is 7.94 Å². The monoisotopic (exact) mass is 377 g/mol. The van der Waals surface area contributed by atoms with Crippen LogP contribution in [0.4, 0.5) is 0 Å². The topological polar surface area (TPSA) is 38.7 Å². The standard InChI is InChI=1S/C23H22O3P/c1-17(2)27(24,25-22-15-7-11-18-9-3-5-13-20(18)22)26-23-16-8-12-19-10-4-6-14-21(19)23/h3-17,24H,1-2H3/q+1. The highest BCUT2D eigenvalue weighted by atomic mass is 31.2. The van der Waals surface area contributed by atoms with Crippen LogP contribution in [0.25, 0.3) is 21.5 Å². The molecule has 0 fully saturated rings. The van der Waals surface area contributed by atoms with Crippen LogP contribution in [0.2, 0.25) is 0 Å². The lowest BCUT2D eigenvalue weighted by atomic mass is 10.1. The van der Waals surface area contributed by atoms with E-state index in [1.165, 1.54) is 0 Å². The molecule has 0 aliphatic carbocycles. The highest BCUT2D eigenvalue weighted by Crippen LogP contribution is 2.61. The molecule has 0 heterocycles. The maximum atomic E-state index is 11.4. The molecule has 4 aromatic carbocycles. The molecule has 0 bridgehead atoms. The Balaban J connectivity index is 1.74. The summed E-state index contributed by atoms with van der Waals surface area (Å²) >= 11 is 0. The summed E-state index contributed by atoms with van der Waals surface area (Å²) in [5.74, 6) is 1.27. The first-order valence-electron chi connectivity index (χ1n) is 9.03. The van der Waals surface area contributed by atoms with E-state index in [0.29, 0.717) is 11.5 Å². The van der Waals surface area contributed by atoms with Gasteiger partial charge < -0.3 is 0 Å². The van der Waals surface area contributed by atoms with Gasteiger partial charge in [0, 0.05) is 10.8 Å². The first-order chi connectivity index (χ1) is 13.1. The van der Waals surface area contributed by atoms with E-state index in [9.17, 15) is 4.89 Å². The van der Waals surface area contributed by atoms with Crippen molar-refractivity contribution in [2.75, 3.05) is 0 Å². The van der Waals surface area contributed by atoms with Gasteiger partial charge in [-0.1, -0.05) is 72.8 Å². The average molecular weight is 377 g/mol. The third-order valence-corrected chi connectivity index (χ3v) is 6.83. The average Bonchev–Trinajstić information content (AvgIpc) is 2.68. The molecule has 4 heteroatoms. The Morgan fingerprint density at radius 2 is 1.04 bits per heavy atom. The van der Waals surface area contributed by atoms with Crippen molar-refractivity contribution in [3.8, 4) is 11.5 Å². The molecule has 1 N–H and O–H groups in total. The highest BCUT2D eigenvalue weighted by Gasteiger charge is 2.48. The second-order valence-corrected chi connectivity index (χ2v) is 9.32. The Hall–Kier alpha value is -2.61. The van der Waals surface area contributed by atoms with Gasteiger partial charge in [0.25, 0.3) is 0 Å². The minimum absolute atomic E-state index is 0.185. The second-order valence-electron chi connectivity index (χ2n) is 6.80. The van der Waals surface area contributed by atoms with Crippen molar-refractivity contribution >= 4 is 29.5 Å². The van der Waals surface area contributed by atoms with E-state index in [-0.39, 0.29) is 5.66 Å². The van der Waals surface area contributed by atoms with Gasteiger partial charge in [0.05, 0.1) is 0 Å². The van der Waals surface area contributed by atoms with E-state index in [1.807, 2.05) is 98.8 Å². The summed E-state index contributed by atoms with van der Waals surface area (Å²) in [7, 11) is -3.19. The van der Waals surface area contributed by atoms with Crippen molar-refractivity contribution in [2.45, 2.75) is 19.5 Å². The Labute approximate surface area is 159 Å². The van der Waals surface area contributed by atoms with Crippen LogP contribution in [0.5, 0.6) is 11.5 Å². The molecule has 4 rings (SSSR count). The highest BCUT2D eigenvalue weighted by molar-refractivity contribution is 7.62. The van der Waals surface area contributed by atoms with Gasteiger partial charge in [-0.3, -0.25) is 9.05 Å². The van der Waals surface area contributed by atoms with E-state index >= 15 is 0 Å². The van der Waals surface area contributed by atoms with E-state index in [2.05, 4.69) is 0 Å². The van der Waals surface area contributed by atoms with Gasteiger partial charge in [0.2, 0.25) is 0 Å². The van der Waals surface area contributed by atoms with Crippen LogP contribution >= 0.6 is 7.94 Å². The summed E-state index contributed by atoms with van der Waals surface area (Å²) in [4.78, 5) is 11.4. The molecular formula is C23H22O3P+. The largest absolute Gasteiger partial charge is 0.497 e.